The Bertz CT molecular complexity index is 297. The molecule has 2 heterocycles. The van der Waals surface area contributed by atoms with E-state index in [0.717, 1.165) is 6.54 Å². The molecule has 0 bridgehead atoms. The number of nitrogens with one attached hydrogen (secondary N) is 1. The Labute approximate surface area is 89.3 Å². The first kappa shape index (κ1) is 10.1. The van der Waals surface area contributed by atoms with Gasteiger partial charge in [0.05, 0.1) is 11.1 Å². The van der Waals surface area contributed by atoms with Crippen LogP contribution in [-0.4, -0.2) is 21.6 Å². The van der Waals surface area contributed by atoms with Crippen molar-refractivity contribution in [2.75, 3.05) is 5.75 Å². The molecule has 2 atom stereocenters. The van der Waals surface area contributed by atoms with Crippen molar-refractivity contribution in [2.24, 2.45) is 0 Å². The number of hydrogen-bond acceptors (Lipinski definition) is 3. The summed E-state index contributed by atoms with van der Waals surface area (Å²) in [6.07, 6.45) is 3.15. The van der Waals surface area contributed by atoms with Gasteiger partial charge in [-0.25, -0.2) is 0 Å². The lowest BCUT2D eigenvalue weighted by atomic mass is 10.2. The number of aryl methyl sites for hydroxylation is 1. The van der Waals surface area contributed by atoms with E-state index in [0.29, 0.717) is 11.4 Å². The zero-order chi connectivity index (χ0) is 9.97. The van der Waals surface area contributed by atoms with Gasteiger partial charge in [0.2, 0.25) is 0 Å². The van der Waals surface area contributed by atoms with Gasteiger partial charge in [-0.15, -0.1) is 11.8 Å². The maximum Gasteiger partial charge on any atom is 0.0960 e. The molecular formula is C10H17N3S. The van der Waals surface area contributed by atoms with Gasteiger partial charge in [-0.2, -0.15) is 5.10 Å². The third-order valence-electron chi connectivity index (χ3n) is 2.59. The van der Waals surface area contributed by atoms with Gasteiger partial charge in [0.15, 0.2) is 0 Å². The van der Waals surface area contributed by atoms with Crippen molar-refractivity contribution in [3.63, 3.8) is 0 Å². The molecule has 1 aliphatic heterocycles. The summed E-state index contributed by atoms with van der Waals surface area (Å²) < 4.78 is 2.07. The highest BCUT2D eigenvalue weighted by Crippen LogP contribution is 2.31. The van der Waals surface area contributed by atoms with Crippen LogP contribution >= 0.6 is 11.8 Å². The van der Waals surface area contributed by atoms with Crippen LogP contribution in [0.3, 0.4) is 0 Å². The fourth-order valence-corrected chi connectivity index (χ4v) is 3.18. The molecule has 0 spiro atoms. The lowest BCUT2D eigenvalue weighted by Gasteiger charge is -2.28. The normalized spacial score (nSPS) is 27.9. The van der Waals surface area contributed by atoms with Crippen LogP contribution in [0.5, 0.6) is 0 Å². The summed E-state index contributed by atoms with van der Waals surface area (Å²) in [5.74, 6) is 1.24. The molecule has 2 unspecified atom stereocenters. The summed E-state index contributed by atoms with van der Waals surface area (Å²) in [6.45, 7) is 5.34. The molecular weight excluding hydrogens is 194 g/mol. The van der Waals surface area contributed by atoms with Crippen LogP contribution in [0.4, 0.5) is 0 Å². The second-order valence-corrected chi connectivity index (χ2v) is 4.89. The first-order valence-electron chi connectivity index (χ1n) is 5.20. The average Bonchev–Trinajstić information content (AvgIpc) is 2.65. The molecule has 4 heteroatoms. The third kappa shape index (κ3) is 1.96. The van der Waals surface area contributed by atoms with Crippen LogP contribution in [0.25, 0.3) is 0 Å². The summed E-state index contributed by atoms with van der Waals surface area (Å²) in [5.41, 5.74) is 1.31. The Balaban J connectivity index is 2.13. The predicted octanol–water partition coefficient (Wildman–Crippen LogP) is 2.02. The average molecular weight is 211 g/mol. The molecule has 78 valence electrons. The minimum absolute atomic E-state index is 0.432. The van der Waals surface area contributed by atoms with Crippen molar-refractivity contribution < 1.29 is 0 Å². The summed E-state index contributed by atoms with van der Waals surface area (Å²) in [7, 11) is 0. The van der Waals surface area contributed by atoms with Crippen LogP contribution in [0.15, 0.2) is 12.3 Å². The molecule has 0 radical (unpaired) electrons. The van der Waals surface area contributed by atoms with Gasteiger partial charge in [-0.3, -0.25) is 10.00 Å². The molecule has 1 aliphatic rings. The Hall–Kier alpha value is -0.480. The van der Waals surface area contributed by atoms with Gasteiger partial charge in [0.1, 0.15) is 0 Å². The highest BCUT2D eigenvalue weighted by molar-refractivity contribution is 7.99. The first-order valence-corrected chi connectivity index (χ1v) is 6.25. The summed E-state index contributed by atoms with van der Waals surface area (Å²) in [5, 5.41) is 8.33. The standard InChI is InChI=1S/C10H17N3S/c1-3-13-9(4-6-11-13)10-12-8(2)5-7-14-10/h4,6,8,10,12H,3,5,7H2,1-2H3. The Kier molecular flexibility index (Phi) is 3.13. The minimum atomic E-state index is 0.432. The second-order valence-electron chi connectivity index (χ2n) is 3.68. The molecule has 14 heavy (non-hydrogen) atoms. The fraction of sp³-hybridized carbons (Fsp3) is 0.700. The minimum Gasteiger partial charge on any atom is -0.298 e. The largest absolute Gasteiger partial charge is 0.298 e. The van der Waals surface area contributed by atoms with Crippen molar-refractivity contribution in [1.82, 2.24) is 15.1 Å². The summed E-state index contributed by atoms with van der Waals surface area (Å²) in [4.78, 5) is 0. The lowest BCUT2D eigenvalue weighted by Crippen LogP contribution is -2.34. The SMILES string of the molecule is CCn1nccc1C1NC(C)CCS1. The molecule has 0 aliphatic carbocycles. The van der Waals surface area contributed by atoms with E-state index in [1.807, 2.05) is 18.0 Å². The molecule has 0 amide bonds. The molecule has 1 N–H and O–H groups in total. The van der Waals surface area contributed by atoms with E-state index in [1.54, 1.807) is 0 Å². The maximum atomic E-state index is 4.30. The lowest BCUT2D eigenvalue weighted by molar-refractivity contribution is 0.486. The van der Waals surface area contributed by atoms with Gasteiger partial charge >= 0.3 is 0 Å². The van der Waals surface area contributed by atoms with Gasteiger partial charge < -0.3 is 0 Å². The fourth-order valence-electron chi connectivity index (χ4n) is 1.75. The number of hydrogen-bond donors (Lipinski definition) is 1. The number of rotatable bonds is 2. The Morgan fingerprint density at radius 2 is 2.57 bits per heavy atom. The zero-order valence-corrected chi connectivity index (χ0v) is 9.55. The van der Waals surface area contributed by atoms with E-state index < -0.39 is 0 Å². The number of aromatic nitrogens is 2. The van der Waals surface area contributed by atoms with Gasteiger partial charge in [0, 0.05) is 18.8 Å². The predicted molar refractivity (Wildman–Crippen MR) is 60.3 cm³/mol. The summed E-state index contributed by atoms with van der Waals surface area (Å²) >= 11 is 1.98. The smallest absolute Gasteiger partial charge is 0.0960 e. The quantitative estimate of drug-likeness (QED) is 0.811. The van der Waals surface area contributed by atoms with Crippen molar-refractivity contribution in [3.8, 4) is 0 Å². The van der Waals surface area contributed by atoms with Crippen LogP contribution in [0, 0.1) is 0 Å². The van der Waals surface area contributed by atoms with Crippen molar-refractivity contribution >= 4 is 11.8 Å². The monoisotopic (exact) mass is 211 g/mol. The molecule has 1 aromatic heterocycles. The second kappa shape index (κ2) is 4.36. The van der Waals surface area contributed by atoms with E-state index in [4.69, 9.17) is 0 Å². The maximum absolute atomic E-state index is 4.30. The van der Waals surface area contributed by atoms with Gasteiger partial charge in [0.25, 0.3) is 0 Å². The van der Waals surface area contributed by atoms with E-state index in [1.165, 1.54) is 17.9 Å². The van der Waals surface area contributed by atoms with Gasteiger partial charge in [-0.05, 0) is 32.1 Å². The van der Waals surface area contributed by atoms with Crippen LogP contribution in [-0.2, 0) is 6.54 Å². The zero-order valence-electron chi connectivity index (χ0n) is 8.73. The van der Waals surface area contributed by atoms with E-state index in [-0.39, 0.29) is 0 Å². The molecule has 1 saturated heterocycles. The van der Waals surface area contributed by atoms with Crippen molar-refractivity contribution in [1.29, 1.82) is 0 Å². The Morgan fingerprint density at radius 3 is 3.29 bits per heavy atom. The topological polar surface area (TPSA) is 29.9 Å². The molecule has 1 aromatic rings. The van der Waals surface area contributed by atoms with E-state index in [2.05, 4.69) is 35.0 Å². The van der Waals surface area contributed by atoms with Crippen LogP contribution < -0.4 is 5.32 Å². The van der Waals surface area contributed by atoms with Gasteiger partial charge in [-0.1, -0.05) is 0 Å². The molecule has 0 saturated carbocycles. The van der Waals surface area contributed by atoms with Crippen LogP contribution in [0.1, 0.15) is 31.3 Å². The summed E-state index contributed by atoms with van der Waals surface area (Å²) in [6, 6.07) is 2.74. The number of nitrogens with zero attached hydrogens (tertiary/aromatic N) is 2. The van der Waals surface area contributed by atoms with Crippen molar-refractivity contribution in [3.05, 3.63) is 18.0 Å². The number of thioether (sulfide) groups is 1. The molecule has 2 rings (SSSR count). The molecule has 1 fully saturated rings. The highest BCUT2D eigenvalue weighted by Gasteiger charge is 2.22. The van der Waals surface area contributed by atoms with Crippen molar-refractivity contribution in [2.45, 2.75) is 38.2 Å². The molecule has 0 aromatic carbocycles. The first-order chi connectivity index (χ1) is 6.81. The van der Waals surface area contributed by atoms with Crippen LogP contribution in [0.2, 0.25) is 0 Å². The van der Waals surface area contributed by atoms with E-state index >= 15 is 0 Å². The highest BCUT2D eigenvalue weighted by atomic mass is 32.2. The molecule has 3 nitrogen and oxygen atoms in total. The Morgan fingerprint density at radius 1 is 1.71 bits per heavy atom. The third-order valence-corrected chi connectivity index (χ3v) is 3.77. The van der Waals surface area contributed by atoms with E-state index in [9.17, 15) is 0 Å².